The fourth-order valence-electron chi connectivity index (χ4n) is 6.76. The number of hydrogen-bond acceptors (Lipinski definition) is 4. The van der Waals surface area contributed by atoms with E-state index in [0.717, 1.165) is 36.1 Å². The van der Waals surface area contributed by atoms with Crippen LogP contribution in [0.15, 0.2) is 91.0 Å². The third-order valence-electron chi connectivity index (χ3n) is 8.71. The van der Waals surface area contributed by atoms with Gasteiger partial charge in [0.25, 0.3) is 5.91 Å². The van der Waals surface area contributed by atoms with Crippen LogP contribution in [0.5, 0.6) is 0 Å². The molecule has 7 heteroatoms. The Morgan fingerprint density at radius 3 is 2.30 bits per heavy atom. The van der Waals surface area contributed by atoms with Gasteiger partial charge < -0.3 is 20.6 Å². The van der Waals surface area contributed by atoms with E-state index in [-0.39, 0.29) is 47.3 Å². The summed E-state index contributed by atoms with van der Waals surface area (Å²) < 4.78 is 0. The first kappa shape index (κ1) is 25.9. The lowest BCUT2D eigenvalue weighted by Crippen LogP contribution is -2.50. The van der Waals surface area contributed by atoms with Crippen LogP contribution in [-0.4, -0.2) is 40.4 Å². The van der Waals surface area contributed by atoms with Gasteiger partial charge in [-0.1, -0.05) is 73.5 Å². The predicted octanol–water partition coefficient (Wildman–Crippen LogP) is 5.60. The Morgan fingerprint density at radius 1 is 0.875 bits per heavy atom. The molecule has 0 unspecified atom stereocenters. The highest BCUT2D eigenvalue weighted by molar-refractivity contribution is 5.96. The number of nitrogens with one attached hydrogen (secondary N) is 2. The zero-order chi connectivity index (χ0) is 27.8. The highest BCUT2D eigenvalue weighted by Crippen LogP contribution is 2.53. The van der Waals surface area contributed by atoms with Gasteiger partial charge in [-0.25, -0.2) is 4.79 Å². The number of nitrogens with zero attached hydrogens (tertiary/aromatic N) is 1. The molecule has 3 aromatic rings. The van der Waals surface area contributed by atoms with Crippen LogP contribution in [0.3, 0.4) is 0 Å². The molecule has 204 valence electrons. The standard InChI is InChI=1S/C33H33N3O4/c1-20-19-36(30-24-11-5-7-13-26(24)34-29(28(20)30)21-9-3-2-4-10-21)32(38)25-12-6-8-14-27(25)35-31(37)22-15-17-23(18-16-22)33(39)40/h2-5,7,9-11,13,15-18,25,27-30,34H,1,6,8,12,14,19H2,(H,35,37)(H,39,40)/t25-,27+,28+,29-,30-/m0/s1. The number of fused-ring (bicyclic) bond motifs is 3. The minimum atomic E-state index is -1.04. The largest absolute Gasteiger partial charge is 0.478 e. The molecule has 2 fully saturated rings. The molecule has 5 atom stereocenters. The van der Waals surface area contributed by atoms with Crippen molar-refractivity contribution < 1.29 is 19.5 Å². The maximum absolute atomic E-state index is 14.3. The van der Waals surface area contributed by atoms with Crippen molar-refractivity contribution in [3.05, 3.63) is 113 Å². The molecule has 1 saturated carbocycles. The molecule has 7 nitrogen and oxygen atoms in total. The number of rotatable bonds is 5. The molecule has 0 aromatic heterocycles. The number of benzene rings is 3. The molecule has 1 saturated heterocycles. The quantitative estimate of drug-likeness (QED) is 0.370. The fourth-order valence-corrected chi connectivity index (χ4v) is 6.76. The Labute approximate surface area is 233 Å². The first-order chi connectivity index (χ1) is 19.4. The molecule has 1 aliphatic carbocycles. The third-order valence-corrected chi connectivity index (χ3v) is 8.71. The maximum atomic E-state index is 14.3. The number of hydrogen-bond donors (Lipinski definition) is 3. The molecule has 0 spiro atoms. The topological polar surface area (TPSA) is 98.7 Å². The van der Waals surface area contributed by atoms with Gasteiger partial charge in [-0.3, -0.25) is 9.59 Å². The van der Waals surface area contributed by atoms with Gasteiger partial charge in [0, 0.05) is 29.8 Å². The number of carbonyl (C=O) groups excluding carboxylic acids is 2. The van der Waals surface area contributed by atoms with Crippen molar-refractivity contribution in [1.82, 2.24) is 10.2 Å². The lowest BCUT2D eigenvalue weighted by molar-refractivity contribution is -0.138. The molecular weight excluding hydrogens is 502 g/mol. The Morgan fingerprint density at radius 2 is 1.55 bits per heavy atom. The van der Waals surface area contributed by atoms with Gasteiger partial charge in [-0.05, 0) is 54.3 Å². The molecule has 3 aliphatic rings. The van der Waals surface area contributed by atoms with Gasteiger partial charge in [0.05, 0.1) is 23.6 Å². The third kappa shape index (κ3) is 4.66. The summed E-state index contributed by atoms with van der Waals surface area (Å²) in [5.41, 5.74) is 4.84. The van der Waals surface area contributed by atoms with Crippen LogP contribution in [-0.2, 0) is 4.79 Å². The summed E-state index contributed by atoms with van der Waals surface area (Å²) in [6.45, 7) is 4.93. The minimum Gasteiger partial charge on any atom is -0.478 e. The highest BCUT2D eigenvalue weighted by Gasteiger charge is 2.50. The average molecular weight is 536 g/mol. The first-order valence-corrected chi connectivity index (χ1v) is 13.9. The van der Waals surface area contributed by atoms with Crippen LogP contribution < -0.4 is 10.6 Å². The summed E-state index contributed by atoms with van der Waals surface area (Å²) >= 11 is 0. The monoisotopic (exact) mass is 535 g/mol. The van der Waals surface area contributed by atoms with Gasteiger partial charge in [-0.2, -0.15) is 0 Å². The van der Waals surface area contributed by atoms with E-state index in [0.29, 0.717) is 18.5 Å². The van der Waals surface area contributed by atoms with Crippen molar-refractivity contribution >= 4 is 23.5 Å². The van der Waals surface area contributed by atoms with E-state index in [1.807, 2.05) is 35.2 Å². The molecule has 2 aliphatic heterocycles. The maximum Gasteiger partial charge on any atom is 0.335 e. The van der Waals surface area contributed by atoms with Gasteiger partial charge in [0.15, 0.2) is 0 Å². The zero-order valence-corrected chi connectivity index (χ0v) is 22.3. The number of anilines is 1. The van der Waals surface area contributed by atoms with Crippen molar-refractivity contribution in [2.24, 2.45) is 11.8 Å². The number of amides is 2. The van der Waals surface area contributed by atoms with Crippen molar-refractivity contribution in [3.8, 4) is 0 Å². The van der Waals surface area contributed by atoms with Crippen LogP contribution in [0, 0.1) is 11.8 Å². The molecule has 3 N–H and O–H groups in total. The number of carboxylic acids is 1. The Balaban J connectivity index is 1.27. The second kappa shape index (κ2) is 10.6. The molecule has 2 heterocycles. The molecular formula is C33H33N3O4. The molecule has 2 amide bonds. The predicted molar refractivity (Wildman–Crippen MR) is 153 cm³/mol. The van der Waals surface area contributed by atoms with Gasteiger partial charge >= 0.3 is 5.97 Å². The Kier molecular flexibility index (Phi) is 6.88. The highest BCUT2D eigenvalue weighted by atomic mass is 16.4. The molecule has 40 heavy (non-hydrogen) atoms. The van der Waals surface area contributed by atoms with E-state index in [9.17, 15) is 14.4 Å². The Hall–Kier alpha value is -4.39. The van der Waals surface area contributed by atoms with E-state index >= 15 is 0 Å². The van der Waals surface area contributed by atoms with Crippen molar-refractivity contribution in [3.63, 3.8) is 0 Å². The van der Waals surface area contributed by atoms with E-state index in [1.165, 1.54) is 29.8 Å². The van der Waals surface area contributed by atoms with Crippen LogP contribution in [0.25, 0.3) is 0 Å². The minimum absolute atomic E-state index is 0.00188. The lowest BCUT2D eigenvalue weighted by Gasteiger charge is -2.42. The average Bonchev–Trinajstić information content (AvgIpc) is 3.34. The van der Waals surface area contributed by atoms with Gasteiger partial charge in [0.1, 0.15) is 0 Å². The van der Waals surface area contributed by atoms with Gasteiger partial charge in [0.2, 0.25) is 5.91 Å². The number of carbonyl (C=O) groups is 3. The summed E-state index contributed by atoms with van der Waals surface area (Å²) in [5.74, 6) is -1.57. The first-order valence-electron chi connectivity index (χ1n) is 13.9. The second-order valence-corrected chi connectivity index (χ2v) is 11.1. The lowest BCUT2D eigenvalue weighted by atomic mass is 9.78. The van der Waals surface area contributed by atoms with Gasteiger partial charge in [-0.15, -0.1) is 0 Å². The van der Waals surface area contributed by atoms with Crippen molar-refractivity contribution in [2.45, 2.75) is 43.8 Å². The number of likely N-dealkylation sites (tertiary alicyclic amines) is 1. The summed E-state index contributed by atoms with van der Waals surface area (Å²) in [6.07, 6.45) is 3.31. The normalized spacial score (nSPS) is 25.4. The Bertz CT molecular complexity index is 1450. The summed E-state index contributed by atoms with van der Waals surface area (Å²) in [7, 11) is 0. The van der Waals surface area contributed by atoms with E-state index in [2.05, 4.69) is 41.5 Å². The fraction of sp³-hybridized carbons (Fsp3) is 0.303. The number of carboxylic acid groups (broad SMARTS) is 1. The van der Waals surface area contributed by atoms with Crippen LogP contribution in [0.1, 0.15) is 69.6 Å². The molecule has 6 rings (SSSR count). The molecule has 0 radical (unpaired) electrons. The van der Waals surface area contributed by atoms with Crippen molar-refractivity contribution in [2.75, 3.05) is 11.9 Å². The summed E-state index contributed by atoms with van der Waals surface area (Å²) in [6, 6.07) is 24.0. The van der Waals surface area contributed by atoms with E-state index in [4.69, 9.17) is 5.11 Å². The van der Waals surface area contributed by atoms with E-state index in [1.54, 1.807) is 0 Å². The number of para-hydroxylation sites is 1. The smallest absolute Gasteiger partial charge is 0.335 e. The van der Waals surface area contributed by atoms with Crippen LogP contribution in [0.4, 0.5) is 5.69 Å². The molecule has 3 aromatic carbocycles. The van der Waals surface area contributed by atoms with Crippen LogP contribution >= 0.6 is 0 Å². The van der Waals surface area contributed by atoms with Crippen LogP contribution in [0.2, 0.25) is 0 Å². The summed E-state index contributed by atoms with van der Waals surface area (Å²) in [4.78, 5) is 40.7. The second-order valence-electron chi connectivity index (χ2n) is 11.1. The summed E-state index contributed by atoms with van der Waals surface area (Å²) in [5, 5.41) is 16.0. The molecule has 0 bridgehead atoms. The van der Waals surface area contributed by atoms with Crippen molar-refractivity contribution in [1.29, 1.82) is 0 Å². The number of aromatic carboxylic acids is 1. The zero-order valence-electron chi connectivity index (χ0n) is 22.3. The SMILES string of the molecule is C=C1CN(C(=O)[C@H]2CCCC[C@H]2NC(=O)c2ccc(C(=O)O)cc2)[C@H]2c3ccccc3N[C@@H](c3ccccc3)[C@@H]12. The van der Waals surface area contributed by atoms with E-state index < -0.39 is 5.97 Å².